The van der Waals surface area contributed by atoms with Crippen molar-refractivity contribution in [2.24, 2.45) is 16.7 Å². The van der Waals surface area contributed by atoms with Crippen LogP contribution in [-0.2, 0) is 14.2 Å². The van der Waals surface area contributed by atoms with Crippen LogP contribution in [0.1, 0.15) is 60.8 Å². The Balaban J connectivity index is 3.11. The maximum absolute atomic E-state index is 14.9. The second kappa shape index (κ2) is 8.71. The Hall–Kier alpha value is -1.12. The molecule has 0 bridgehead atoms. The highest BCUT2D eigenvalue weighted by Gasteiger charge is 2.62. The Morgan fingerprint density at radius 3 is 2.04 bits per heavy atom. The van der Waals surface area contributed by atoms with Crippen molar-refractivity contribution in [3.63, 3.8) is 0 Å². The van der Waals surface area contributed by atoms with Gasteiger partial charge in [-0.05, 0) is 24.7 Å². The second-order valence-electron chi connectivity index (χ2n) is 8.66. The summed E-state index contributed by atoms with van der Waals surface area (Å²) in [6, 6.07) is 0. The van der Waals surface area contributed by atoms with Crippen LogP contribution < -0.4 is 0 Å². The Bertz CT molecular complexity index is 531. The van der Waals surface area contributed by atoms with Gasteiger partial charge in [-0.3, -0.25) is 0 Å². The first-order chi connectivity index (χ1) is 12.6. The monoisotopic (exact) mass is 418 g/mol. The molecule has 1 saturated heterocycles. The first kappa shape index (κ1) is 24.9. The van der Waals surface area contributed by atoms with Crippen LogP contribution in [0.4, 0.5) is 26.7 Å². The zero-order valence-electron chi connectivity index (χ0n) is 17.3. The fourth-order valence-corrected chi connectivity index (χ4v) is 2.92. The van der Waals surface area contributed by atoms with Crippen molar-refractivity contribution in [2.45, 2.75) is 85.1 Å². The van der Waals surface area contributed by atoms with Crippen molar-refractivity contribution >= 4 is 6.16 Å². The summed E-state index contributed by atoms with van der Waals surface area (Å²) >= 11 is 0. The van der Waals surface area contributed by atoms with Gasteiger partial charge < -0.3 is 14.2 Å². The molecule has 0 spiro atoms. The third-order valence-electron chi connectivity index (χ3n) is 5.98. The maximum Gasteiger partial charge on any atom is 0.508 e. The molecule has 1 aliphatic heterocycles. The average molecular weight is 418 g/mol. The Kier molecular flexibility index (Phi) is 7.75. The van der Waals surface area contributed by atoms with Crippen LogP contribution in [0.5, 0.6) is 0 Å². The minimum Gasteiger partial charge on any atom is -0.430 e. The Morgan fingerprint density at radius 2 is 1.64 bits per heavy atom. The largest absolute Gasteiger partial charge is 0.508 e. The van der Waals surface area contributed by atoms with E-state index in [1.165, 1.54) is 6.92 Å². The molecule has 3 atom stereocenters. The van der Waals surface area contributed by atoms with E-state index in [1.54, 1.807) is 20.8 Å². The van der Waals surface area contributed by atoms with Crippen molar-refractivity contribution in [1.82, 2.24) is 0 Å². The van der Waals surface area contributed by atoms with Gasteiger partial charge in [-0.25, -0.2) is 13.6 Å². The van der Waals surface area contributed by atoms with Gasteiger partial charge in [0.05, 0.1) is 12.7 Å². The summed E-state index contributed by atoms with van der Waals surface area (Å²) in [5.41, 5.74) is -2.62. The van der Waals surface area contributed by atoms with Crippen LogP contribution in [-0.4, -0.2) is 43.7 Å². The Labute approximate surface area is 163 Å². The zero-order chi connectivity index (χ0) is 22.0. The summed E-state index contributed by atoms with van der Waals surface area (Å²) in [6.45, 7) is 8.53. The van der Waals surface area contributed by atoms with Crippen LogP contribution in [0, 0.1) is 16.7 Å². The molecule has 0 N–H and O–H groups in total. The lowest BCUT2D eigenvalue weighted by Gasteiger charge is -2.43. The summed E-state index contributed by atoms with van der Waals surface area (Å²) < 4.78 is 86.0. The minimum absolute atomic E-state index is 0.0835. The van der Waals surface area contributed by atoms with Crippen LogP contribution in [0.25, 0.3) is 0 Å². The molecule has 0 radical (unpaired) electrons. The van der Waals surface area contributed by atoms with Crippen LogP contribution in [0.3, 0.4) is 0 Å². The van der Waals surface area contributed by atoms with E-state index in [0.29, 0.717) is 6.42 Å². The van der Waals surface area contributed by atoms with Gasteiger partial charge in [0, 0.05) is 5.41 Å². The van der Waals surface area contributed by atoms with Crippen LogP contribution >= 0.6 is 0 Å². The van der Waals surface area contributed by atoms with E-state index in [9.17, 15) is 26.7 Å². The predicted molar refractivity (Wildman–Crippen MR) is 93.2 cm³/mol. The van der Waals surface area contributed by atoms with Crippen molar-refractivity contribution in [2.75, 3.05) is 13.2 Å². The fraction of sp³-hybridized carbons (Fsp3) is 0.947. The first-order valence-electron chi connectivity index (χ1n) is 9.48. The number of hydrogen-bond donors (Lipinski definition) is 0. The van der Waals surface area contributed by atoms with Crippen molar-refractivity contribution in [3.8, 4) is 0 Å². The van der Waals surface area contributed by atoms with Gasteiger partial charge in [-0.2, -0.15) is 13.2 Å². The molecule has 0 amide bonds. The van der Waals surface area contributed by atoms with E-state index in [2.05, 4.69) is 4.74 Å². The number of rotatable bonds is 10. The standard InChI is InChI=1S/C19H31F5O4/c1-7-16(3,4)14(26-10-12-11-27-15(25)28-12)9-13(19(22,23)24)18(20,21)17(5,6)8-2/h12-14H,7-11H2,1-6H3. The molecule has 0 aromatic rings. The highest BCUT2D eigenvalue weighted by Crippen LogP contribution is 2.52. The predicted octanol–water partition coefficient (Wildman–Crippen LogP) is 5.98. The van der Waals surface area contributed by atoms with Gasteiger partial charge in [-0.1, -0.05) is 41.5 Å². The molecule has 3 unspecified atom stereocenters. The molecule has 0 aromatic carbocycles. The third kappa shape index (κ3) is 5.70. The van der Waals surface area contributed by atoms with Gasteiger partial charge >= 0.3 is 12.3 Å². The van der Waals surface area contributed by atoms with E-state index in [4.69, 9.17) is 9.47 Å². The topological polar surface area (TPSA) is 44.8 Å². The lowest BCUT2D eigenvalue weighted by molar-refractivity contribution is -0.281. The van der Waals surface area contributed by atoms with Crippen molar-refractivity contribution in [3.05, 3.63) is 0 Å². The minimum atomic E-state index is -5.09. The molecule has 0 saturated carbocycles. The quantitative estimate of drug-likeness (QED) is 0.323. The lowest BCUT2D eigenvalue weighted by atomic mass is 9.71. The summed E-state index contributed by atoms with van der Waals surface area (Å²) in [6.07, 6.45) is -8.42. The average Bonchev–Trinajstić information content (AvgIpc) is 2.98. The van der Waals surface area contributed by atoms with E-state index < -0.39 is 53.6 Å². The second-order valence-corrected chi connectivity index (χ2v) is 8.66. The number of cyclic esters (lactones) is 2. The SMILES string of the molecule is CCC(C)(C)C(CC(C(F)(F)F)C(F)(F)C(C)(C)CC)OCC1COC(=O)O1. The molecule has 1 heterocycles. The van der Waals surface area contributed by atoms with Gasteiger partial charge in [-0.15, -0.1) is 0 Å². The van der Waals surface area contributed by atoms with E-state index in [0.717, 1.165) is 13.8 Å². The highest BCUT2D eigenvalue weighted by atomic mass is 19.4. The van der Waals surface area contributed by atoms with Crippen LogP contribution in [0.15, 0.2) is 0 Å². The molecular weight excluding hydrogens is 387 g/mol. The molecule has 1 rings (SSSR count). The summed E-state index contributed by atoms with van der Waals surface area (Å²) in [4.78, 5) is 11.0. The molecule has 0 aliphatic carbocycles. The lowest BCUT2D eigenvalue weighted by Crippen LogP contribution is -2.51. The van der Waals surface area contributed by atoms with E-state index in [-0.39, 0.29) is 19.6 Å². The maximum atomic E-state index is 14.9. The Morgan fingerprint density at radius 1 is 1.07 bits per heavy atom. The van der Waals surface area contributed by atoms with E-state index >= 15 is 0 Å². The molecule has 1 fully saturated rings. The van der Waals surface area contributed by atoms with E-state index in [1.807, 2.05) is 0 Å². The van der Waals surface area contributed by atoms with Crippen molar-refractivity contribution in [1.29, 1.82) is 0 Å². The number of carbonyl (C=O) groups excluding carboxylic acids is 1. The van der Waals surface area contributed by atoms with Crippen molar-refractivity contribution < 1.29 is 41.0 Å². The summed E-state index contributed by atoms with van der Waals surface area (Å²) in [5, 5.41) is 0. The zero-order valence-corrected chi connectivity index (χ0v) is 17.3. The molecule has 0 aromatic heterocycles. The fourth-order valence-electron chi connectivity index (χ4n) is 2.92. The van der Waals surface area contributed by atoms with Gasteiger partial charge in [0.2, 0.25) is 0 Å². The number of alkyl halides is 5. The number of carbonyl (C=O) groups is 1. The normalized spacial score (nSPS) is 21.2. The third-order valence-corrected chi connectivity index (χ3v) is 5.98. The molecule has 28 heavy (non-hydrogen) atoms. The molecule has 4 nitrogen and oxygen atoms in total. The molecule has 9 heteroatoms. The number of ether oxygens (including phenoxy) is 3. The first-order valence-corrected chi connectivity index (χ1v) is 9.48. The molecule has 1 aliphatic rings. The van der Waals surface area contributed by atoms with Gasteiger partial charge in [0.25, 0.3) is 5.92 Å². The van der Waals surface area contributed by atoms with Gasteiger partial charge in [0.1, 0.15) is 12.5 Å². The van der Waals surface area contributed by atoms with Crippen LogP contribution in [0.2, 0.25) is 0 Å². The summed E-state index contributed by atoms with van der Waals surface area (Å²) in [5.74, 6) is -6.83. The van der Waals surface area contributed by atoms with Gasteiger partial charge in [0.15, 0.2) is 6.10 Å². The number of halogens is 5. The summed E-state index contributed by atoms with van der Waals surface area (Å²) in [7, 11) is 0. The molecule has 166 valence electrons. The number of hydrogen-bond acceptors (Lipinski definition) is 4. The molecular formula is C19H31F5O4. The highest BCUT2D eigenvalue weighted by molar-refractivity contribution is 5.61. The smallest absolute Gasteiger partial charge is 0.430 e.